The van der Waals surface area contributed by atoms with Crippen LogP contribution >= 0.6 is 0 Å². The maximum atomic E-state index is 11.1. The first-order valence-corrected chi connectivity index (χ1v) is 6.65. The number of carbonyl (C=O) groups is 1. The molecule has 0 aromatic heterocycles. The Morgan fingerprint density at radius 1 is 1.33 bits per heavy atom. The van der Waals surface area contributed by atoms with Gasteiger partial charge in [0.1, 0.15) is 0 Å². The summed E-state index contributed by atoms with van der Waals surface area (Å²) in [5.74, 6) is 0.255. The van der Waals surface area contributed by atoms with Crippen LogP contribution in [0.25, 0.3) is 0 Å². The van der Waals surface area contributed by atoms with E-state index in [0.717, 1.165) is 13.1 Å². The van der Waals surface area contributed by atoms with Crippen molar-refractivity contribution in [2.75, 3.05) is 32.8 Å². The quantitative estimate of drug-likeness (QED) is 0.406. The topological polar surface area (TPSA) is 79.9 Å². The van der Waals surface area contributed by atoms with Gasteiger partial charge in [0.25, 0.3) is 5.91 Å². The summed E-state index contributed by atoms with van der Waals surface area (Å²) >= 11 is 0. The minimum absolute atomic E-state index is 0.0749. The lowest BCUT2D eigenvalue weighted by Crippen LogP contribution is -2.35. The van der Waals surface area contributed by atoms with Crippen LogP contribution < -0.4 is 11.1 Å². The van der Waals surface area contributed by atoms with E-state index in [1.807, 2.05) is 6.92 Å². The summed E-state index contributed by atoms with van der Waals surface area (Å²) in [5.41, 5.74) is 5.77. The molecule has 1 heterocycles. The van der Waals surface area contributed by atoms with Crippen molar-refractivity contribution in [3.63, 3.8) is 0 Å². The van der Waals surface area contributed by atoms with Crippen molar-refractivity contribution >= 4 is 11.7 Å². The van der Waals surface area contributed by atoms with Gasteiger partial charge < -0.3 is 15.9 Å². The number of amidine groups is 1. The van der Waals surface area contributed by atoms with Crippen molar-refractivity contribution in [2.45, 2.75) is 32.6 Å². The number of carbonyl (C=O) groups excluding carboxylic acids is 1. The fourth-order valence-corrected chi connectivity index (χ4v) is 1.97. The van der Waals surface area contributed by atoms with Crippen LogP contribution in [0.2, 0.25) is 0 Å². The van der Waals surface area contributed by atoms with Crippen molar-refractivity contribution in [1.82, 2.24) is 10.2 Å². The highest BCUT2D eigenvalue weighted by Crippen LogP contribution is 2.08. The van der Waals surface area contributed by atoms with Crippen LogP contribution in [0, 0.1) is 0 Å². The number of amides is 1. The molecule has 104 valence electrons. The Kier molecular flexibility index (Phi) is 7.17. The third-order valence-electron chi connectivity index (χ3n) is 2.84. The highest BCUT2D eigenvalue weighted by Gasteiger charge is 2.10. The Balaban J connectivity index is 2.21. The molecule has 6 heteroatoms. The number of rotatable bonds is 6. The maximum absolute atomic E-state index is 11.1. The standard InChI is InChI=1S/C12H24N4O2/c1-2-14-12(17)10-18-15-11(13)9-16-7-5-3-4-6-8-16/h2-10H2,1H3,(H2,13,15)(H,14,17). The first-order valence-electron chi connectivity index (χ1n) is 6.65. The lowest BCUT2D eigenvalue weighted by Gasteiger charge is -2.18. The van der Waals surface area contributed by atoms with Crippen molar-refractivity contribution in [3.8, 4) is 0 Å². The second-order valence-corrected chi connectivity index (χ2v) is 4.50. The third kappa shape index (κ3) is 6.44. The van der Waals surface area contributed by atoms with Crippen LogP contribution in [-0.2, 0) is 9.63 Å². The van der Waals surface area contributed by atoms with Crippen molar-refractivity contribution in [3.05, 3.63) is 0 Å². The van der Waals surface area contributed by atoms with E-state index in [1.165, 1.54) is 25.7 Å². The number of likely N-dealkylation sites (tertiary alicyclic amines) is 1. The van der Waals surface area contributed by atoms with E-state index in [1.54, 1.807) is 0 Å². The van der Waals surface area contributed by atoms with Gasteiger partial charge in [0.2, 0.25) is 0 Å². The van der Waals surface area contributed by atoms with Crippen molar-refractivity contribution < 1.29 is 9.63 Å². The zero-order chi connectivity index (χ0) is 13.2. The third-order valence-corrected chi connectivity index (χ3v) is 2.84. The van der Waals surface area contributed by atoms with E-state index in [2.05, 4.69) is 15.4 Å². The van der Waals surface area contributed by atoms with Gasteiger partial charge in [-0.15, -0.1) is 0 Å². The molecule has 6 nitrogen and oxygen atoms in total. The zero-order valence-electron chi connectivity index (χ0n) is 11.2. The van der Waals surface area contributed by atoms with Crippen LogP contribution in [0.4, 0.5) is 0 Å². The molecule has 0 spiro atoms. The molecule has 3 N–H and O–H groups in total. The normalized spacial score (nSPS) is 18.2. The summed E-state index contributed by atoms with van der Waals surface area (Å²) in [6.07, 6.45) is 5.02. The van der Waals surface area contributed by atoms with Gasteiger partial charge in [-0.1, -0.05) is 18.0 Å². The number of nitrogens with zero attached hydrogens (tertiary/aromatic N) is 2. The molecule has 0 aliphatic carbocycles. The van der Waals surface area contributed by atoms with Gasteiger partial charge in [-0.05, 0) is 32.9 Å². The van der Waals surface area contributed by atoms with E-state index < -0.39 is 0 Å². The molecular formula is C12H24N4O2. The molecule has 1 aliphatic rings. The Labute approximate surface area is 109 Å². The van der Waals surface area contributed by atoms with Gasteiger partial charge in [0, 0.05) is 6.54 Å². The van der Waals surface area contributed by atoms with E-state index in [9.17, 15) is 4.79 Å². The van der Waals surface area contributed by atoms with Crippen molar-refractivity contribution in [1.29, 1.82) is 0 Å². The largest absolute Gasteiger partial charge is 0.384 e. The number of nitrogens with two attached hydrogens (primary N) is 1. The molecule has 0 saturated carbocycles. The maximum Gasteiger partial charge on any atom is 0.260 e. The average molecular weight is 256 g/mol. The van der Waals surface area contributed by atoms with Crippen LogP contribution in [-0.4, -0.2) is 49.4 Å². The summed E-state index contributed by atoms with van der Waals surface area (Å²) in [5, 5.41) is 6.39. The molecule has 0 unspecified atom stereocenters. The monoisotopic (exact) mass is 256 g/mol. The Hall–Kier alpha value is -1.30. The smallest absolute Gasteiger partial charge is 0.260 e. The number of hydrogen-bond acceptors (Lipinski definition) is 4. The number of likely N-dealkylation sites (N-methyl/N-ethyl adjacent to an activating group) is 1. The Bertz CT molecular complexity index is 273. The van der Waals surface area contributed by atoms with Gasteiger partial charge in [0.05, 0.1) is 6.54 Å². The number of oxime groups is 1. The van der Waals surface area contributed by atoms with Crippen LogP contribution in [0.3, 0.4) is 0 Å². The number of hydrogen-bond donors (Lipinski definition) is 2. The summed E-state index contributed by atoms with van der Waals surface area (Å²) in [4.78, 5) is 18.3. The van der Waals surface area contributed by atoms with E-state index in [0.29, 0.717) is 18.9 Å². The summed E-state index contributed by atoms with van der Waals surface area (Å²) in [6, 6.07) is 0. The molecule has 1 amide bonds. The lowest BCUT2D eigenvalue weighted by atomic mass is 10.2. The zero-order valence-corrected chi connectivity index (χ0v) is 11.2. The van der Waals surface area contributed by atoms with Gasteiger partial charge >= 0.3 is 0 Å². The fraction of sp³-hybridized carbons (Fsp3) is 0.833. The Morgan fingerprint density at radius 2 is 2.00 bits per heavy atom. The second-order valence-electron chi connectivity index (χ2n) is 4.50. The molecule has 0 atom stereocenters. The molecule has 1 saturated heterocycles. The van der Waals surface area contributed by atoms with Gasteiger partial charge in [-0.3, -0.25) is 9.69 Å². The van der Waals surface area contributed by atoms with Gasteiger partial charge in [0.15, 0.2) is 12.4 Å². The first kappa shape index (κ1) is 14.8. The predicted octanol–water partition coefficient (Wildman–Crippen LogP) is 0.287. The molecule has 1 fully saturated rings. The fourth-order valence-electron chi connectivity index (χ4n) is 1.97. The predicted molar refractivity (Wildman–Crippen MR) is 71.2 cm³/mol. The molecule has 0 aromatic carbocycles. The molecule has 0 bridgehead atoms. The number of nitrogens with one attached hydrogen (secondary N) is 1. The molecule has 18 heavy (non-hydrogen) atoms. The minimum Gasteiger partial charge on any atom is -0.384 e. The van der Waals surface area contributed by atoms with Crippen molar-refractivity contribution in [2.24, 2.45) is 10.9 Å². The summed E-state index contributed by atoms with van der Waals surface area (Å²) in [6.45, 7) is 5.12. The average Bonchev–Trinajstić information content (AvgIpc) is 2.58. The van der Waals surface area contributed by atoms with E-state index in [4.69, 9.17) is 10.6 Å². The SMILES string of the molecule is CCNC(=O)CON=C(N)CN1CCCCCC1. The minimum atomic E-state index is -0.177. The molecule has 1 aliphatic heterocycles. The molecule has 1 rings (SSSR count). The molecule has 0 aromatic rings. The van der Waals surface area contributed by atoms with Gasteiger partial charge in [-0.2, -0.15) is 0 Å². The highest BCUT2D eigenvalue weighted by molar-refractivity contribution is 5.82. The first-order chi connectivity index (χ1) is 8.72. The highest BCUT2D eigenvalue weighted by atomic mass is 16.6. The summed E-state index contributed by atoms with van der Waals surface area (Å²) < 4.78 is 0. The van der Waals surface area contributed by atoms with Gasteiger partial charge in [-0.25, -0.2) is 0 Å². The van der Waals surface area contributed by atoms with E-state index in [-0.39, 0.29) is 12.5 Å². The molecule has 0 radical (unpaired) electrons. The van der Waals surface area contributed by atoms with Crippen LogP contribution in [0.15, 0.2) is 5.16 Å². The van der Waals surface area contributed by atoms with Crippen LogP contribution in [0.1, 0.15) is 32.6 Å². The lowest BCUT2D eigenvalue weighted by molar-refractivity contribution is -0.125. The second kappa shape index (κ2) is 8.74. The van der Waals surface area contributed by atoms with Crippen LogP contribution in [0.5, 0.6) is 0 Å². The Morgan fingerprint density at radius 3 is 2.61 bits per heavy atom. The summed E-state index contributed by atoms with van der Waals surface area (Å²) in [7, 11) is 0. The van der Waals surface area contributed by atoms with E-state index >= 15 is 0 Å². The molecular weight excluding hydrogens is 232 g/mol.